The molecule has 2 aliphatic heterocycles. The topological polar surface area (TPSA) is 63.6 Å². The number of methoxy groups -OCH3 is 1. The number of rotatable bonds is 3. The summed E-state index contributed by atoms with van der Waals surface area (Å²) in [6.45, 7) is 2.16. The number of hydrogen-bond acceptors (Lipinski definition) is 4. The molecule has 0 radical (unpaired) electrons. The number of nitrogens with zero attached hydrogens (tertiary/aromatic N) is 2. The lowest BCUT2D eigenvalue weighted by molar-refractivity contribution is -0.115. The number of pyridine rings is 1. The van der Waals surface area contributed by atoms with Gasteiger partial charge in [-0.05, 0) is 54.4 Å². The van der Waals surface area contributed by atoms with Crippen molar-refractivity contribution in [3.63, 3.8) is 0 Å². The molecule has 7 heteroatoms. The van der Waals surface area contributed by atoms with Gasteiger partial charge in [0.25, 0.3) is 5.56 Å². The highest BCUT2D eigenvalue weighted by Gasteiger charge is 2.35. The lowest BCUT2D eigenvalue weighted by Crippen LogP contribution is -2.52. The smallest absolute Gasteiger partial charge is 0.250 e. The molecule has 29 heavy (non-hydrogen) atoms. The number of hydrogen-bond donors (Lipinski definition) is 1. The van der Waals surface area contributed by atoms with Gasteiger partial charge in [-0.15, -0.1) is 0 Å². The summed E-state index contributed by atoms with van der Waals surface area (Å²) >= 11 is 5.49. The molecule has 1 aromatic carbocycles. The molecule has 1 saturated heterocycles. The minimum atomic E-state index is -0.252. The Kier molecular flexibility index (Phi) is 5.49. The van der Waals surface area contributed by atoms with Gasteiger partial charge in [-0.2, -0.15) is 0 Å². The number of nitrogens with one attached hydrogen (secondary N) is 1. The van der Waals surface area contributed by atoms with Crippen LogP contribution >= 0.6 is 12.2 Å². The van der Waals surface area contributed by atoms with Gasteiger partial charge in [-0.1, -0.05) is 18.2 Å². The molecule has 3 heterocycles. The Morgan fingerprint density at radius 2 is 1.97 bits per heavy atom. The normalized spacial score (nSPS) is 20.2. The van der Waals surface area contributed by atoms with Crippen molar-refractivity contribution >= 4 is 29.3 Å². The van der Waals surface area contributed by atoms with Gasteiger partial charge in [-0.3, -0.25) is 14.9 Å². The van der Waals surface area contributed by atoms with Gasteiger partial charge in [0.05, 0.1) is 7.11 Å². The maximum atomic E-state index is 12.3. The summed E-state index contributed by atoms with van der Waals surface area (Å²) < 4.78 is 7.01. The zero-order valence-electron chi connectivity index (χ0n) is 16.2. The average Bonchev–Trinajstić information content (AvgIpc) is 2.73. The zero-order chi connectivity index (χ0) is 20.4. The summed E-state index contributed by atoms with van der Waals surface area (Å²) in [4.78, 5) is 26.5. The summed E-state index contributed by atoms with van der Waals surface area (Å²) in [6, 6.07) is 12.9. The average molecular weight is 410 g/mol. The summed E-state index contributed by atoms with van der Waals surface area (Å²) in [6.07, 6.45) is 4.27. The van der Waals surface area contributed by atoms with Crippen LogP contribution in [-0.4, -0.2) is 40.7 Å². The van der Waals surface area contributed by atoms with Crippen LogP contribution in [0.4, 0.5) is 0 Å². The van der Waals surface area contributed by atoms with E-state index >= 15 is 0 Å². The molecular formula is C22H23N3O3S. The number of aromatic nitrogens is 1. The molecule has 1 fully saturated rings. The summed E-state index contributed by atoms with van der Waals surface area (Å²) in [7, 11) is 1.62. The molecule has 0 spiro atoms. The quantitative estimate of drug-likeness (QED) is 0.623. The van der Waals surface area contributed by atoms with Crippen LogP contribution in [0, 0.1) is 5.92 Å². The molecule has 2 bridgehead atoms. The second kappa shape index (κ2) is 8.21. The Balaban J connectivity index is 1.38. The minimum Gasteiger partial charge on any atom is -0.497 e. The summed E-state index contributed by atoms with van der Waals surface area (Å²) in [5, 5.41) is 3.25. The van der Waals surface area contributed by atoms with Crippen LogP contribution in [0.3, 0.4) is 0 Å². The van der Waals surface area contributed by atoms with E-state index in [2.05, 4.69) is 5.32 Å². The number of ether oxygens (including phenoxy) is 1. The number of piperidine rings is 1. The SMILES string of the molecule is COc1ccc(C=CC(=O)NC(=S)N2C[C@H]3C[C@H](C2)c2cccc(=O)n2C3)cc1. The molecule has 1 aromatic heterocycles. The molecule has 0 unspecified atom stereocenters. The van der Waals surface area contributed by atoms with Crippen LogP contribution in [0.1, 0.15) is 23.6 Å². The summed E-state index contributed by atoms with van der Waals surface area (Å²) in [5.41, 5.74) is 2.03. The Morgan fingerprint density at radius 1 is 1.17 bits per heavy atom. The Morgan fingerprint density at radius 3 is 2.72 bits per heavy atom. The summed E-state index contributed by atoms with van der Waals surface area (Å²) in [5.74, 6) is 1.12. The van der Waals surface area contributed by atoms with Crippen molar-refractivity contribution in [2.45, 2.75) is 18.9 Å². The van der Waals surface area contributed by atoms with Crippen molar-refractivity contribution in [2.24, 2.45) is 5.92 Å². The van der Waals surface area contributed by atoms with Gasteiger partial charge < -0.3 is 14.2 Å². The van der Waals surface area contributed by atoms with E-state index in [1.54, 1.807) is 19.3 Å². The number of likely N-dealkylation sites (tertiary alicyclic amines) is 1. The predicted molar refractivity (Wildman–Crippen MR) is 116 cm³/mol. The largest absolute Gasteiger partial charge is 0.497 e. The predicted octanol–water partition coefficient (Wildman–Crippen LogP) is 2.39. The Hall–Kier alpha value is -2.93. The fraction of sp³-hybridized carbons (Fsp3) is 0.318. The van der Waals surface area contributed by atoms with Crippen LogP contribution in [0.25, 0.3) is 6.08 Å². The standard InChI is InChI=1S/C22H23N3O3S/c1-28-18-8-5-15(6-9-18)7-10-20(26)23-22(29)24-12-16-11-17(14-24)19-3-2-4-21(27)25(19)13-16/h2-10,16-17H,11-14H2,1H3,(H,23,26,29)/t16-,17-/m1/s1. The van der Waals surface area contributed by atoms with Crippen LogP contribution in [-0.2, 0) is 11.3 Å². The Bertz CT molecular complexity index is 1010. The van der Waals surface area contributed by atoms with Crippen LogP contribution in [0.2, 0.25) is 0 Å². The monoisotopic (exact) mass is 409 g/mol. The van der Waals surface area contributed by atoms with Crippen molar-refractivity contribution in [1.82, 2.24) is 14.8 Å². The van der Waals surface area contributed by atoms with E-state index in [9.17, 15) is 9.59 Å². The third kappa shape index (κ3) is 4.24. The first-order valence-electron chi connectivity index (χ1n) is 9.65. The fourth-order valence-electron chi connectivity index (χ4n) is 4.18. The molecule has 1 N–H and O–H groups in total. The lowest BCUT2D eigenvalue weighted by Gasteiger charge is -2.43. The maximum Gasteiger partial charge on any atom is 0.250 e. The number of fused-ring (bicyclic) bond motifs is 4. The highest BCUT2D eigenvalue weighted by Crippen LogP contribution is 2.34. The first-order chi connectivity index (χ1) is 14.0. The third-order valence-corrected chi connectivity index (χ3v) is 5.90. The van der Waals surface area contributed by atoms with Crippen molar-refractivity contribution in [1.29, 1.82) is 0 Å². The van der Waals surface area contributed by atoms with Crippen molar-refractivity contribution < 1.29 is 9.53 Å². The van der Waals surface area contributed by atoms with E-state index in [1.165, 1.54) is 6.08 Å². The van der Waals surface area contributed by atoms with E-state index in [-0.39, 0.29) is 17.4 Å². The number of benzene rings is 1. The second-order valence-electron chi connectivity index (χ2n) is 7.50. The van der Waals surface area contributed by atoms with Crippen molar-refractivity contribution in [3.8, 4) is 5.75 Å². The lowest BCUT2D eigenvalue weighted by atomic mass is 9.83. The van der Waals surface area contributed by atoms with E-state index in [4.69, 9.17) is 17.0 Å². The van der Waals surface area contributed by atoms with Gasteiger partial charge in [0.1, 0.15) is 5.75 Å². The van der Waals surface area contributed by atoms with Gasteiger partial charge in [-0.25, -0.2) is 0 Å². The zero-order valence-corrected chi connectivity index (χ0v) is 17.0. The van der Waals surface area contributed by atoms with Gasteiger partial charge >= 0.3 is 0 Å². The highest BCUT2D eigenvalue weighted by atomic mass is 32.1. The molecule has 4 rings (SSSR count). The van der Waals surface area contributed by atoms with Crippen LogP contribution in [0.15, 0.2) is 53.3 Å². The molecule has 0 saturated carbocycles. The first-order valence-corrected chi connectivity index (χ1v) is 10.1. The third-order valence-electron chi connectivity index (χ3n) is 5.54. The molecule has 2 atom stereocenters. The number of carbonyl (C=O) groups is 1. The first kappa shape index (κ1) is 19.4. The Labute approximate surface area is 174 Å². The van der Waals surface area contributed by atoms with Crippen LogP contribution in [0.5, 0.6) is 5.75 Å². The van der Waals surface area contributed by atoms with E-state index < -0.39 is 0 Å². The molecule has 6 nitrogen and oxygen atoms in total. The molecule has 150 valence electrons. The number of carbonyl (C=O) groups excluding carboxylic acids is 1. The van der Waals surface area contributed by atoms with Gasteiger partial charge in [0.2, 0.25) is 5.91 Å². The fourth-order valence-corrected chi connectivity index (χ4v) is 4.43. The minimum absolute atomic E-state index is 0.0604. The number of amides is 1. The highest BCUT2D eigenvalue weighted by molar-refractivity contribution is 7.80. The van der Waals surface area contributed by atoms with Crippen LogP contribution < -0.4 is 15.6 Å². The van der Waals surface area contributed by atoms with Crippen molar-refractivity contribution in [2.75, 3.05) is 20.2 Å². The van der Waals surface area contributed by atoms with Gasteiger partial charge in [0, 0.05) is 43.4 Å². The van der Waals surface area contributed by atoms with E-state index in [1.807, 2.05) is 45.9 Å². The van der Waals surface area contributed by atoms with E-state index in [0.29, 0.717) is 24.1 Å². The molecule has 2 aliphatic rings. The molecule has 1 amide bonds. The second-order valence-corrected chi connectivity index (χ2v) is 7.89. The molecule has 0 aliphatic carbocycles. The van der Waals surface area contributed by atoms with E-state index in [0.717, 1.165) is 30.0 Å². The number of thiocarbonyl (C=S) groups is 1. The van der Waals surface area contributed by atoms with Gasteiger partial charge in [0.15, 0.2) is 5.11 Å². The molecule has 2 aromatic rings. The molecular weight excluding hydrogens is 386 g/mol. The van der Waals surface area contributed by atoms with Crippen molar-refractivity contribution in [3.05, 3.63) is 70.2 Å². The maximum absolute atomic E-state index is 12.3.